The van der Waals surface area contributed by atoms with E-state index in [2.05, 4.69) is 15.3 Å². The summed E-state index contributed by atoms with van der Waals surface area (Å²) in [6.07, 6.45) is 1.10. The van der Waals surface area contributed by atoms with Crippen LogP contribution in [-0.2, 0) is 11.2 Å². The number of hydrogen-bond donors (Lipinski definition) is 2. The number of carbonyl (C=O) groups excluding carboxylic acids is 2. The smallest absolute Gasteiger partial charge is 0.338 e. The first kappa shape index (κ1) is 21.8. The molecule has 31 heavy (non-hydrogen) atoms. The molecule has 1 amide bonds. The van der Waals surface area contributed by atoms with Crippen molar-refractivity contribution in [2.24, 2.45) is 0 Å². The molecule has 3 rings (SSSR count). The fraction of sp³-hybridized carbons (Fsp3) is 0.217. The molecule has 0 saturated carbocycles. The number of nitrogens with one attached hydrogen (secondary N) is 2. The van der Waals surface area contributed by atoms with Crippen LogP contribution in [0.1, 0.15) is 45.6 Å². The number of benzene rings is 2. The van der Waals surface area contributed by atoms with E-state index in [4.69, 9.17) is 9.47 Å². The molecule has 160 valence electrons. The Hall–Kier alpha value is -3.94. The first-order valence-electron chi connectivity index (χ1n) is 9.80. The lowest BCUT2D eigenvalue weighted by Gasteiger charge is -2.08. The molecule has 0 saturated heterocycles. The minimum atomic E-state index is -0.525. The number of esters is 1. The lowest BCUT2D eigenvalue weighted by atomic mass is 10.1. The molecule has 8 nitrogen and oxygen atoms in total. The van der Waals surface area contributed by atoms with Crippen LogP contribution in [0.2, 0.25) is 0 Å². The van der Waals surface area contributed by atoms with Crippen LogP contribution in [0.4, 0.5) is 5.69 Å². The maximum absolute atomic E-state index is 12.6. The van der Waals surface area contributed by atoms with Crippen LogP contribution >= 0.6 is 0 Å². The third kappa shape index (κ3) is 6.02. The summed E-state index contributed by atoms with van der Waals surface area (Å²) in [6, 6.07) is 14.8. The number of amides is 1. The van der Waals surface area contributed by atoms with E-state index in [-0.39, 0.29) is 5.69 Å². The molecular weight excluding hydrogens is 398 g/mol. The van der Waals surface area contributed by atoms with Gasteiger partial charge in [-0.05, 0) is 48.4 Å². The van der Waals surface area contributed by atoms with Gasteiger partial charge in [-0.2, -0.15) is 0 Å². The van der Waals surface area contributed by atoms with Crippen LogP contribution in [-0.4, -0.2) is 35.6 Å². The highest BCUT2D eigenvalue weighted by Crippen LogP contribution is 2.14. The number of nitrogens with zero attached hydrogens (tertiary/aromatic N) is 1. The first-order chi connectivity index (χ1) is 15.0. The summed E-state index contributed by atoms with van der Waals surface area (Å²) in [5.74, 6) is 0.155. The molecule has 8 heteroatoms. The molecule has 0 aliphatic heterocycles. The van der Waals surface area contributed by atoms with Crippen molar-refractivity contribution in [1.29, 1.82) is 0 Å². The Kier molecular flexibility index (Phi) is 7.16. The van der Waals surface area contributed by atoms with E-state index >= 15 is 0 Å². The van der Waals surface area contributed by atoms with Crippen molar-refractivity contribution >= 4 is 17.6 Å². The Bertz CT molecular complexity index is 1110. The van der Waals surface area contributed by atoms with Crippen molar-refractivity contribution in [3.8, 4) is 5.75 Å². The second-order valence-corrected chi connectivity index (χ2v) is 6.77. The fourth-order valence-corrected chi connectivity index (χ4v) is 2.81. The quantitative estimate of drug-likeness (QED) is 0.541. The lowest BCUT2D eigenvalue weighted by molar-refractivity contribution is 0.0505. The Balaban J connectivity index is 1.70. The van der Waals surface area contributed by atoms with E-state index in [1.54, 1.807) is 31.4 Å². The fourth-order valence-electron chi connectivity index (χ4n) is 2.81. The Morgan fingerprint density at radius 2 is 1.77 bits per heavy atom. The Morgan fingerprint density at radius 3 is 2.42 bits per heavy atom. The van der Waals surface area contributed by atoms with Gasteiger partial charge in [0.2, 0.25) is 0 Å². The van der Waals surface area contributed by atoms with E-state index in [1.165, 1.54) is 0 Å². The van der Waals surface area contributed by atoms with E-state index < -0.39 is 17.4 Å². The van der Waals surface area contributed by atoms with Gasteiger partial charge >= 0.3 is 5.97 Å². The Morgan fingerprint density at radius 1 is 1.06 bits per heavy atom. The number of anilines is 1. The van der Waals surface area contributed by atoms with Crippen LogP contribution < -0.4 is 15.6 Å². The summed E-state index contributed by atoms with van der Waals surface area (Å²) in [5, 5.41) is 2.68. The molecule has 2 N–H and O–H groups in total. The van der Waals surface area contributed by atoms with Gasteiger partial charge < -0.3 is 19.8 Å². The number of hydrogen-bond acceptors (Lipinski definition) is 6. The number of rotatable bonds is 8. The van der Waals surface area contributed by atoms with Crippen LogP contribution in [0.5, 0.6) is 5.75 Å². The van der Waals surface area contributed by atoms with Crippen molar-refractivity contribution in [3.05, 3.63) is 87.6 Å². The van der Waals surface area contributed by atoms with E-state index in [1.807, 2.05) is 31.2 Å². The zero-order valence-electron chi connectivity index (χ0n) is 17.3. The second kappa shape index (κ2) is 10.2. The van der Waals surface area contributed by atoms with Crippen LogP contribution in [0.15, 0.2) is 59.4 Å². The monoisotopic (exact) mass is 421 g/mol. The van der Waals surface area contributed by atoms with Gasteiger partial charge in [0.05, 0.1) is 19.3 Å². The third-order valence-corrected chi connectivity index (χ3v) is 4.37. The largest absolute Gasteiger partial charge is 0.497 e. The molecule has 3 aromatic rings. The zero-order valence-corrected chi connectivity index (χ0v) is 17.3. The van der Waals surface area contributed by atoms with Gasteiger partial charge in [-0.15, -0.1) is 0 Å². The van der Waals surface area contributed by atoms with Crippen molar-refractivity contribution < 1.29 is 19.1 Å². The molecule has 2 aromatic carbocycles. The van der Waals surface area contributed by atoms with Gasteiger partial charge in [0, 0.05) is 18.2 Å². The topological polar surface area (TPSA) is 110 Å². The normalized spacial score (nSPS) is 10.4. The Labute approximate surface area is 179 Å². The predicted octanol–water partition coefficient (Wildman–Crippen LogP) is 3.19. The van der Waals surface area contributed by atoms with Gasteiger partial charge in [0.1, 0.15) is 17.3 Å². The standard InChI is InChI=1S/C23H23N3O5/c1-3-12-31-23(29)16-6-8-17(9-7-16)24-22(28)19-14-21(27)26-20(25-19)13-15-4-10-18(30-2)11-5-15/h4-11,14H,3,12-13H2,1-2H3,(H,24,28)(H,25,26,27). The minimum Gasteiger partial charge on any atom is -0.497 e. The van der Waals surface area contributed by atoms with Gasteiger partial charge in [-0.3, -0.25) is 9.59 Å². The van der Waals surface area contributed by atoms with Gasteiger partial charge in [-0.1, -0.05) is 19.1 Å². The maximum atomic E-state index is 12.6. The minimum absolute atomic E-state index is 0.00121. The molecule has 0 aliphatic rings. The second-order valence-electron chi connectivity index (χ2n) is 6.77. The molecule has 0 spiro atoms. The lowest BCUT2D eigenvalue weighted by Crippen LogP contribution is -2.20. The molecule has 0 aliphatic carbocycles. The van der Waals surface area contributed by atoms with Crippen molar-refractivity contribution in [3.63, 3.8) is 0 Å². The average molecular weight is 421 g/mol. The van der Waals surface area contributed by atoms with Crippen molar-refractivity contribution in [2.45, 2.75) is 19.8 Å². The molecule has 1 aromatic heterocycles. The molecular formula is C23H23N3O5. The van der Waals surface area contributed by atoms with E-state index in [0.717, 1.165) is 23.8 Å². The van der Waals surface area contributed by atoms with Crippen molar-refractivity contribution in [2.75, 3.05) is 19.0 Å². The van der Waals surface area contributed by atoms with Crippen LogP contribution in [0, 0.1) is 0 Å². The highest BCUT2D eigenvalue weighted by atomic mass is 16.5. The number of ether oxygens (including phenoxy) is 2. The van der Waals surface area contributed by atoms with Gasteiger partial charge in [0.15, 0.2) is 0 Å². The summed E-state index contributed by atoms with van der Waals surface area (Å²) >= 11 is 0. The highest BCUT2D eigenvalue weighted by molar-refractivity contribution is 6.03. The summed E-state index contributed by atoms with van der Waals surface area (Å²) in [6.45, 7) is 2.27. The predicted molar refractivity (Wildman–Crippen MR) is 116 cm³/mol. The first-order valence-corrected chi connectivity index (χ1v) is 9.80. The van der Waals surface area contributed by atoms with E-state index in [9.17, 15) is 14.4 Å². The number of methoxy groups -OCH3 is 1. The molecule has 0 atom stereocenters. The number of aromatic nitrogens is 2. The maximum Gasteiger partial charge on any atom is 0.338 e. The number of carbonyl (C=O) groups is 2. The van der Waals surface area contributed by atoms with E-state index in [0.29, 0.717) is 30.1 Å². The van der Waals surface area contributed by atoms with Crippen molar-refractivity contribution in [1.82, 2.24) is 9.97 Å². The SMILES string of the molecule is CCCOC(=O)c1ccc(NC(=O)c2cc(=O)[nH]c(Cc3ccc(OC)cc3)n2)cc1. The highest BCUT2D eigenvalue weighted by Gasteiger charge is 2.12. The van der Waals surface area contributed by atoms with Gasteiger partial charge in [-0.25, -0.2) is 9.78 Å². The average Bonchev–Trinajstić information content (AvgIpc) is 2.78. The molecule has 0 radical (unpaired) electrons. The molecule has 1 heterocycles. The summed E-state index contributed by atoms with van der Waals surface area (Å²) in [5.41, 5.74) is 1.35. The third-order valence-electron chi connectivity index (χ3n) is 4.37. The summed E-state index contributed by atoms with van der Waals surface area (Å²) < 4.78 is 10.2. The molecule has 0 unspecified atom stereocenters. The number of aromatic amines is 1. The summed E-state index contributed by atoms with van der Waals surface area (Å²) in [7, 11) is 1.59. The number of H-pyrrole nitrogens is 1. The molecule has 0 fully saturated rings. The summed E-state index contributed by atoms with van der Waals surface area (Å²) in [4.78, 5) is 43.4. The zero-order chi connectivity index (χ0) is 22.2. The molecule has 0 bridgehead atoms. The van der Waals surface area contributed by atoms with Crippen LogP contribution in [0.25, 0.3) is 0 Å². The van der Waals surface area contributed by atoms with Crippen LogP contribution in [0.3, 0.4) is 0 Å². The van der Waals surface area contributed by atoms with Gasteiger partial charge in [0.25, 0.3) is 11.5 Å².